The number of nitrogens with zero attached hydrogens (tertiary/aromatic N) is 3. The Morgan fingerprint density at radius 3 is 2.85 bits per heavy atom. The molecule has 0 aromatic carbocycles. The van der Waals surface area contributed by atoms with Gasteiger partial charge in [0.05, 0.1) is 0 Å². The van der Waals surface area contributed by atoms with Crippen molar-refractivity contribution in [2.45, 2.75) is 45.1 Å². The molecule has 3 heteroatoms. The van der Waals surface area contributed by atoms with E-state index in [2.05, 4.69) is 16.9 Å². The number of hydrogen-bond donors (Lipinski definition) is 0. The predicted octanol–water partition coefficient (Wildman–Crippen LogP) is 3.51. The maximum atomic E-state index is 8.50. The molecule has 13 heavy (non-hydrogen) atoms. The molecule has 2 bridgehead atoms. The van der Waals surface area contributed by atoms with Crippen molar-refractivity contribution in [1.82, 2.24) is 0 Å². The molecule has 0 aromatic heterocycles. The third-order valence-electron chi connectivity index (χ3n) is 3.85. The van der Waals surface area contributed by atoms with Crippen LogP contribution in [0.2, 0.25) is 0 Å². The highest BCUT2D eigenvalue weighted by Crippen LogP contribution is 2.51. The van der Waals surface area contributed by atoms with Gasteiger partial charge in [-0.3, -0.25) is 0 Å². The molecule has 0 heterocycles. The third-order valence-corrected chi connectivity index (χ3v) is 3.85. The zero-order valence-corrected chi connectivity index (χ0v) is 8.19. The molecular weight excluding hydrogens is 162 g/mol. The zero-order chi connectivity index (χ0) is 9.26. The summed E-state index contributed by atoms with van der Waals surface area (Å²) < 4.78 is 0. The van der Waals surface area contributed by atoms with Gasteiger partial charge in [0.2, 0.25) is 0 Å². The Kier molecular flexibility index (Phi) is 2.45. The van der Waals surface area contributed by atoms with Crippen LogP contribution in [0.1, 0.15) is 39.0 Å². The molecule has 0 amide bonds. The molecule has 2 aliphatic rings. The monoisotopic (exact) mass is 179 g/mol. The quantitative estimate of drug-likeness (QED) is 0.361. The van der Waals surface area contributed by atoms with E-state index in [0.29, 0.717) is 12.0 Å². The van der Waals surface area contributed by atoms with Gasteiger partial charge in [-0.15, -0.1) is 0 Å². The van der Waals surface area contributed by atoms with E-state index in [-0.39, 0.29) is 0 Å². The van der Waals surface area contributed by atoms with Crippen molar-refractivity contribution in [3.05, 3.63) is 10.4 Å². The first-order chi connectivity index (χ1) is 6.36. The van der Waals surface area contributed by atoms with Gasteiger partial charge in [0.15, 0.2) is 0 Å². The number of hydrogen-bond acceptors (Lipinski definition) is 1. The Morgan fingerprint density at radius 2 is 2.15 bits per heavy atom. The maximum absolute atomic E-state index is 8.50. The van der Waals surface area contributed by atoms with Gasteiger partial charge in [0.1, 0.15) is 0 Å². The van der Waals surface area contributed by atoms with Crippen molar-refractivity contribution in [2.24, 2.45) is 22.9 Å². The van der Waals surface area contributed by atoms with Gasteiger partial charge in [-0.1, -0.05) is 24.9 Å². The largest absolute Gasteiger partial charge is 0.0900 e. The molecule has 0 N–H and O–H groups in total. The summed E-state index contributed by atoms with van der Waals surface area (Å²) in [6.45, 7) is 2.22. The minimum atomic E-state index is 0.337. The third kappa shape index (κ3) is 1.42. The first-order valence-electron chi connectivity index (χ1n) is 5.41. The normalized spacial score (nSPS) is 41.9. The van der Waals surface area contributed by atoms with E-state index in [1.54, 1.807) is 0 Å². The van der Waals surface area contributed by atoms with Crippen molar-refractivity contribution >= 4 is 0 Å². The van der Waals surface area contributed by atoms with Crippen LogP contribution in [0.25, 0.3) is 10.4 Å². The standard InChI is InChI=1S/C10H17N3/c1-2-3-9-7-4-5-8(6-7)10(9)12-13-11/h7-10H,2-6H2,1H3/t7-,8+,9+,10-/m1/s1. The highest BCUT2D eigenvalue weighted by atomic mass is 15.2. The second-order valence-electron chi connectivity index (χ2n) is 4.48. The minimum absolute atomic E-state index is 0.337. The van der Waals surface area contributed by atoms with Gasteiger partial charge in [-0.2, -0.15) is 0 Å². The lowest BCUT2D eigenvalue weighted by Gasteiger charge is -2.27. The number of rotatable bonds is 3. The van der Waals surface area contributed by atoms with Gasteiger partial charge in [-0.05, 0) is 42.5 Å². The SMILES string of the molecule is CCC[C@H]1[C@@H]2CC[C@@H](C2)[C@H]1N=[N+]=[N-]. The van der Waals surface area contributed by atoms with Crippen molar-refractivity contribution < 1.29 is 0 Å². The van der Waals surface area contributed by atoms with Gasteiger partial charge in [0, 0.05) is 11.0 Å². The summed E-state index contributed by atoms with van der Waals surface area (Å²) >= 11 is 0. The molecule has 2 aliphatic carbocycles. The van der Waals surface area contributed by atoms with Gasteiger partial charge in [-0.25, -0.2) is 0 Å². The Bertz CT molecular complexity index is 232. The smallest absolute Gasteiger partial charge is 0.0433 e. The molecule has 4 atom stereocenters. The lowest BCUT2D eigenvalue weighted by Crippen LogP contribution is -2.25. The summed E-state index contributed by atoms with van der Waals surface area (Å²) in [5, 5.41) is 3.99. The summed E-state index contributed by atoms with van der Waals surface area (Å²) in [7, 11) is 0. The first-order valence-corrected chi connectivity index (χ1v) is 5.41. The maximum Gasteiger partial charge on any atom is 0.0433 e. The van der Waals surface area contributed by atoms with E-state index < -0.39 is 0 Å². The Labute approximate surface area is 79.1 Å². The second-order valence-corrected chi connectivity index (χ2v) is 4.48. The van der Waals surface area contributed by atoms with E-state index >= 15 is 0 Å². The fourth-order valence-corrected chi connectivity index (χ4v) is 3.36. The van der Waals surface area contributed by atoms with Crippen molar-refractivity contribution in [2.75, 3.05) is 0 Å². The highest BCUT2D eigenvalue weighted by molar-refractivity contribution is 5.00. The van der Waals surface area contributed by atoms with Crippen LogP contribution < -0.4 is 0 Å². The Hall–Kier alpha value is -0.690. The lowest BCUT2D eigenvalue weighted by molar-refractivity contribution is 0.271. The van der Waals surface area contributed by atoms with E-state index in [4.69, 9.17) is 5.53 Å². The van der Waals surface area contributed by atoms with E-state index in [9.17, 15) is 0 Å². The van der Waals surface area contributed by atoms with Crippen molar-refractivity contribution in [3.63, 3.8) is 0 Å². The topological polar surface area (TPSA) is 48.8 Å². The molecule has 0 spiro atoms. The van der Waals surface area contributed by atoms with Crippen LogP contribution in [0.5, 0.6) is 0 Å². The number of azide groups is 1. The Balaban J connectivity index is 2.10. The molecule has 0 saturated heterocycles. The van der Waals surface area contributed by atoms with Crippen LogP contribution in [0.4, 0.5) is 0 Å². The molecule has 0 aromatic rings. The second kappa shape index (κ2) is 3.59. The van der Waals surface area contributed by atoms with Crippen molar-refractivity contribution in [3.8, 4) is 0 Å². The van der Waals surface area contributed by atoms with Gasteiger partial charge >= 0.3 is 0 Å². The summed E-state index contributed by atoms with van der Waals surface area (Å²) in [5.41, 5.74) is 8.50. The zero-order valence-electron chi connectivity index (χ0n) is 8.19. The fraction of sp³-hybridized carbons (Fsp3) is 1.00. The van der Waals surface area contributed by atoms with Crippen LogP contribution in [-0.4, -0.2) is 6.04 Å². The van der Waals surface area contributed by atoms with Crippen LogP contribution in [0.15, 0.2) is 5.11 Å². The predicted molar refractivity (Wildman–Crippen MR) is 52.2 cm³/mol. The van der Waals surface area contributed by atoms with Crippen LogP contribution in [0, 0.1) is 17.8 Å². The average Bonchev–Trinajstić information content (AvgIpc) is 2.69. The molecule has 2 fully saturated rings. The lowest BCUT2D eigenvalue weighted by atomic mass is 9.82. The highest BCUT2D eigenvalue weighted by Gasteiger charge is 2.46. The van der Waals surface area contributed by atoms with Gasteiger partial charge < -0.3 is 0 Å². The van der Waals surface area contributed by atoms with Crippen LogP contribution in [0.3, 0.4) is 0 Å². The molecule has 2 saturated carbocycles. The molecule has 3 nitrogen and oxygen atoms in total. The van der Waals surface area contributed by atoms with Gasteiger partial charge in [0.25, 0.3) is 0 Å². The summed E-state index contributed by atoms with van der Waals surface area (Å²) in [6, 6.07) is 0.337. The molecule has 0 radical (unpaired) electrons. The molecule has 72 valence electrons. The minimum Gasteiger partial charge on any atom is -0.0900 e. The Morgan fingerprint density at radius 1 is 1.38 bits per heavy atom. The van der Waals surface area contributed by atoms with Crippen LogP contribution >= 0.6 is 0 Å². The summed E-state index contributed by atoms with van der Waals surface area (Å²) in [6.07, 6.45) is 6.49. The fourth-order valence-electron chi connectivity index (χ4n) is 3.36. The van der Waals surface area contributed by atoms with E-state index in [1.165, 1.54) is 32.1 Å². The summed E-state index contributed by atoms with van der Waals surface area (Å²) in [4.78, 5) is 2.99. The molecular formula is C10H17N3. The molecule has 0 aliphatic heterocycles. The van der Waals surface area contributed by atoms with Crippen molar-refractivity contribution in [1.29, 1.82) is 0 Å². The van der Waals surface area contributed by atoms with Crippen LogP contribution in [-0.2, 0) is 0 Å². The summed E-state index contributed by atoms with van der Waals surface area (Å²) in [5.74, 6) is 2.30. The molecule has 0 unspecified atom stereocenters. The number of fused-ring (bicyclic) bond motifs is 2. The average molecular weight is 179 g/mol. The molecule has 2 rings (SSSR count). The first kappa shape index (κ1) is 8.89. The van der Waals surface area contributed by atoms with E-state index in [0.717, 1.165) is 11.8 Å². The van der Waals surface area contributed by atoms with E-state index in [1.807, 2.05) is 0 Å².